The number of hydrogen-bond donors (Lipinski definition) is 1. The molecule has 0 spiro atoms. The maximum absolute atomic E-state index is 13.1. The van der Waals surface area contributed by atoms with E-state index in [9.17, 15) is 9.59 Å². The van der Waals surface area contributed by atoms with Crippen LogP contribution in [-0.2, 0) is 24.3 Å². The minimum atomic E-state index is -0.239. The molecule has 2 aromatic carbocycles. The van der Waals surface area contributed by atoms with Crippen LogP contribution in [0.2, 0.25) is 5.02 Å². The minimum Gasteiger partial charge on any atom is -0.350 e. The zero-order valence-corrected chi connectivity index (χ0v) is 17.3. The predicted octanol–water partition coefficient (Wildman–Crippen LogP) is 3.72. The summed E-state index contributed by atoms with van der Waals surface area (Å²) in [7, 11) is 0. The van der Waals surface area contributed by atoms with E-state index in [-0.39, 0.29) is 18.0 Å². The smallest absolute Gasteiger partial charge is 0.280 e. The van der Waals surface area contributed by atoms with Crippen molar-refractivity contribution in [3.63, 3.8) is 0 Å². The second-order valence-electron chi connectivity index (χ2n) is 6.94. The van der Waals surface area contributed by atoms with Crippen molar-refractivity contribution in [2.45, 2.75) is 26.4 Å². The number of nitrogens with one attached hydrogen (secondary N) is 1. The van der Waals surface area contributed by atoms with Crippen LogP contribution in [0.3, 0.4) is 0 Å². The lowest BCUT2D eigenvalue weighted by Crippen LogP contribution is -2.31. The van der Waals surface area contributed by atoms with E-state index in [0.29, 0.717) is 28.3 Å². The van der Waals surface area contributed by atoms with Gasteiger partial charge in [-0.25, -0.2) is 9.67 Å². The molecule has 7 heteroatoms. The molecular formula is C23H21ClN4O2. The van der Waals surface area contributed by atoms with Crippen LogP contribution in [0.1, 0.15) is 18.1 Å². The zero-order chi connectivity index (χ0) is 21.1. The summed E-state index contributed by atoms with van der Waals surface area (Å²) in [4.78, 5) is 30.1. The van der Waals surface area contributed by atoms with E-state index < -0.39 is 0 Å². The Hall–Kier alpha value is -3.38. The number of carbonyl (C=O) groups is 1. The number of aryl methyl sites for hydroxylation is 1. The Bertz CT molecular complexity index is 1260. The molecule has 1 amide bonds. The predicted molar refractivity (Wildman–Crippen MR) is 118 cm³/mol. The number of halogens is 1. The van der Waals surface area contributed by atoms with Crippen LogP contribution in [0, 0.1) is 0 Å². The zero-order valence-electron chi connectivity index (χ0n) is 16.5. The summed E-state index contributed by atoms with van der Waals surface area (Å²) in [5.74, 6) is -0.239. The molecule has 0 aliphatic heterocycles. The number of aromatic nitrogens is 3. The van der Waals surface area contributed by atoms with Crippen molar-refractivity contribution < 1.29 is 4.79 Å². The van der Waals surface area contributed by atoms with Gasteiger partial charge in [-0.2, -0.15) is 0 Å². The molecule has 4 aromatic rings. The average molecular weight is 421 g/mol. The van der Waals surface area contributed by atoms with E-state index in [4.69, 9.17) is 11.6 Å². The fourth-order valence-corrected chi connectivity index (χ4v) is 3.59. The van der Waals surface area contributed by atoms with Crippen molar-refractivity contribution >= 4 is 28.5 Å². The highest BCUT2D eigenvalue weighted by atomic mass is 35.5. The molecular weight excluding hydrogens is 400 g/mol. The summed E-state index contributed by atoms with van der Waals surface area (Å²) in [6.07, 6.45) is 2.52. The third-order valence-corrected chi connectivity index (χ3v) is 5.38. The largest absolute Gasteiger partial charge is 0.350 e. The highest BCUT2D eigenvalue weighted by Crippen LogP contribution is 2.16. The molecule has 0 saturated carbocycles. The Morgan fingerprint density at radius 2 is 1.83 bits per heavy atom. The first kappa shape index (κ1) is 19.9. The Labute approximate surface area is 178 Å². The summed E-state index contributed by atoms with van der Waals surface area (Å²) in [6, 6.07) is 18.5. The lowest BCUT2D eigenvalue weighted by molar-refractivity contribution is -0.122. The van der Waals surface area contributed by atoms with Crippen molar-refractivity contribution in [2.24, 2.45) is 0 Å². The average Bonchev–Trinajstić information content (AvgIpc) is 3.05. The van der Waals surface area contributed by atoms with Crippen molar-refractivity contribution in [1.29, 1.82) is 0 Å². The van der Waals surface area contributed by atoms with Gasteiger partial charge >= 0.3 is 0 Å². The Kier molecular flexibility index (Phi) is 5.68. The van der Waals surface area contributed by atoms with Crippen LogP contribution < -0.4 is 10.9 Å². The van der Waals surface area contributed by atoms with Crippen molar-refractivity contribution in [1.82, 2.24) is 19.7 Å². The van der Waals surface area contributed by atoms with E-state index in [1.54, 1.807) is 29.1 Å². The number of carbonyl (C=O) groups excluding carboxylic acids is 1. The highest BCUT2D eigenvalue weighted by Gasteiger charge is 2.18. The summed E-state index contributed by atoms with van der Waals surface area (Å²) >= 11 is 6.17. The van der Waals surface area contributed by atoms with Gasteiger partial charge in [0.15, 0.2) is 5.65 Å². The Morgan fingerprint density at radius 1 is 1.07 bits per heavy atom. The molecule has 2 aromatic heterocycles. The van der Waals surface area contributed by atoms with Gasteiger partial charge in [0, 0.05) is 17.8 Å². The second kappa shape index (κ2) is 8.55. The van der Waals surface area contributed by atoms with E-state index in [2.05, 4.69) is 17.2 Å². The third-order valence-electron chi connectivity index (χ3n) is 5.01. The van der Waals surface area contributed by atoms with Crippen LogP contribution >= 0.6 is 11.6 Å². The van der Waals surface area contributed by atoms with Gasteiger partial charge in [-0.1, -0.05) is 48.9 Å². The standard InChI is InChI=1S/C23H21ClN4O2/c1-2-16-9-11-18(12-10-16)28-23(30)19-7-5-13-25-22(19)27(28)15-21(29)26-14-17-6-3-4-8-20(17)24/h3-13H,2,14-15H2,1H3,(H,26,29). The van der Waals surface area contributed by atoms with Gasteiger partial charge < -0.3 is 5.32 Å². The van der Waals surface area contributed by atoms with Gasteiger partial charge in [0.1, 0.15) is 6.54 Å². The van der Waals surface area contributed by atoms with E-state index >= 15 is 0 Å². The number of pyridine rings is 1. The molecule has 6 nitrogen and oxygen atoms in total. The van der Waals surface area contributed by atoms with Crippen molar-refractivity contribution in [3.8, 4) is 5.69 Å². The van der Waals surface area contributed by atoms with Gasteiger partial charge in [0.2, 0.25) is 5.91 Å². The van der Waals surface area contributed by atoms with Crippen LogP contribution in [0.4, 0.5) is 0 Å². The SMILES string of the molecule is CCc1ccc(-n2c(=O)c3cccnc3n2CC(=O)NCc2ccccc2Cl)cc1. The molecule has 0 unspecified atom stereocenters. The number of hydrogen-bond acceptors (Lipinski definition) is 3. The van der Waals surface area contributed by atoms with Gasteiger partial charge in [-0.3, -0.25) is 14.3 Å². The monoisotopic (exact) mass is 420 g/mol. The maximum atomic E-state index is 13.1. The molecule has 0 saturated heterocycles. The molecule has 0 radical (unpaired) electrons. The first-order valence-electron chi connectivity index (χ1n) is 9.74. The fraction of sp³-hybridized carbons (Fsp3) is 0.174. The van der Waals surface area contributed by atoms with Crippen molar-refractivity contribution in [3.05, 3.63) is 93.4 Å². The molecule has 4 rings (SSSR count). The van der Waals surface area contributed by atoms with Gasteiger partial charge in [0.25, 0.3) is 5.56 Å². The Balaban J connectivity index is 1.68. The molecule has 0 atom stereocenters. The van der Waals surface area contributed by atoms with Gasteiger partial charge in [-0.05, 0) is 47.9 Å². The fourth-order valence-electron chi connectivity index (χ4n) is 3.39. The number of amides is 1. The van der Waals surface area contributed by atoms with Crippen LogP contribution in [0.25, 0.3) is 16.7 Å². The molecule has 0 aliphatic carbocycles. The first-order valence-corrected chi connectivity index (χ1v) is 10.1. The number of fused-ring (bicyclic) bond motifs is 1. The summed E-state index contributed by atoms with van der Waals surface area (Å²) in [5, 5.41) is 3.94. The molecule has 0 fully saturated rings. The Morgan fingerprint density at radius 3 is 2.57 bits per heavy atom. The molecule has 0 aliphatic rings. The molecule has 30 heavy (non-hydrogen) atoms. The normalized spacial score (nSPS) is 11.0. The topological polar surface area (TPSA) is 68.9 Å². The molecule has 2 heterocycles. The number of nitrogens with zero attached hydrogens (tertiary/aromatic N) is 3. The van der Waals surface area contributed by atoms with Crippen molar-refractivity contribution in [2.75, 3.05) is 0 Å². The lowest BCUT2D eigenvalue weighted by Gasteiger charge is -2.13. The lowest BCUT2D eigenvalue weighted by atomic mass is 10.1. The van der Waals surface area contributed by atoms with E-state index in [0.717, 1.165) is 12.0 Å². The van der Waals surface area contributed by atoms with Crippen LogP contribution in [0.5, 0.6) is 0 Å². The molecule has 0 bridgehead atoms. The highest BCUT2D eigenvalue weighted by molar-refractivity contribution is 6.31. The van der Waals surface area contributed by atoms with E-state index in [1.165, 1.54) is 10.2 Å². The third kappa shape index (κ3) is 3.86. The van der Waals surface area contributed by atoms with E-state index in [1.807, 2.05) is 42.5 Å². The van der Waals surface area contributed by atoms with Crippen LogP contribution in [-0.4, -0.2) is 20.3 Å². The summed E-state index contributed by atoms with van der Waals surface area (Å²) < 4.78 is 3.12. The van der Waals surface area contributed by atoms with Gasteiger partial charge in [-0.15, -0.1) is 0 Å². The second-order valence-corrected chi connectivity index (χ2v) is 7.34. The molecule has 1 N–H and O–H groups in total. The quantitative estimate of drug-likeness (QED) is 0.517. The number of benzene rings is 2. The minimum absolute atomic E-state index is 0.0459. The molecule has 152 valence electrons. The van der Waals surface area contributed by atoms with Gasteiger partial charge in [0.05, 0.1) is 11.1 Å². The van der Waals surface area contributed by atoms with Crippen LogP contribution in [0.15, 0.2) is 71.7 Å². The number of rotatable bonds is 6. The summed E-state index contributed by atoms with van der Waals surface area (Å²) in [6.45, 7) is 2.34. The first-order chi connectivity index (χ1) is 14.6. The maximum Gasteiger partial charge on any atom is 0.280 e. The summed E-state index contributed by atoms with van der Waals surface area (Å²) in [5.41, 5.74) is 2.95.